The zero-order valence-corrected chi connectivity index (χ0v) is 19.7. The Kier molecular flexibility index (Phi) is 6.95. The van der Waals surface area contributed by atoms with E-state index in [0.717, 1.165) is 22.3 Å². The van der Waals surface area contributed by atoms with Gasteiger partial charge < -0.3 is 9.84 Å². The number of aliphatic carboxylic acids is 1. The average Bonchev–Trinajstić information content (AvgIpc) is 3.14. The Bertz CT molecular complexity index is 1220. The summed E-state index contributed by atoms with van der Waals surface area (Å²) in [5, 5.41) is 11.5. The van der Waals surface area contributed by atoms with Crippen LogP contribution in [0.15, 0.2) is 71.2 Å². The van der Waals surface area contributed by atoms with E-state index in [9.17, 15) is 14.4 Å². The van der Waals surface area contributed by atoms with E-state index in [2.05, 4.69) is 38.9 Å². The molecule has 34 heavy (non-hydrogen) atoms. The normalized spacial score (nSPS) is 12.9. The molecule has 0 heterocycles. The molecule has 3 aromatic rings. The Morgan fingerprint density at radius 1 is 1.00 bits per heavy atom. The lowest BCUT2D eigenvalue weighted by Crippen LogP contribution is -2.32. The zero-order chi connectivity index (χ0) is 24.2. The molecule has 0 aliphatic heterocycles. The molecule has 0 bridgehead atoms. The predicted octanol–water partition coefficient (Wildman–Crippen LogP) is 4.94. The van der Waals surface area contributed by atoms with Crippen molar-refractivity contribution in [2.24, 2.45) is 0 Å². The van der Waals surface area contributed by atoms with Crippen LogP contribution in [0.5, 0.6) is 0 Å². The molecule has 0 radical (unpaired) electrons. The van der Waals surface area contributed by atoms with Gasteiger partial charge in [-0.05, 0) is 47.4 Å². The van der Waals surface area contributed by atoms with Crippen molar-refractivity contribution in [3.05, 3.63) is 87.9 Å². The molecular formula is C25H21BrN2O6. The maximum absolute atomic E-state index is 12.5. The lowest BCUT2D eigenvalue weighted by atomic mass is 9.98. The number of carbonyl (C=O) groups excluding carboxylic acids is 2. The van der Waals surface area contributed by atoms with Crippen molar-refractivity contribution in [2.75, 3.05) is 11.9 Å². The number of hydrogen-bond donors (Lipinski definition) is 3. The minimum Gasteiger partial charge on any atom is -0.479 e. The molecule has 9 heteroatoms. The maximum atomic E-state index is 12.5. The molecule has 8 nitrogen and oxygen atoms in total. The van der Waals surface area contributed by atoms with Crippen LogP contribution in [0.4, 0.5) is 10.5 Å². The first-order valence-corrected chi connectivity index (χ1v) is 11.2. The third-order valence-electron chi connectivity index (χ3n) is 5.43. The molecule has 1 atom stereocenters. The fraction of sp³-hybridized carbons (Fsp3) is 0.160. The Balaban J connectivity index is 1.41. The number of ether oxygens (including phenoxy) is 1. The summed E-state index contributed by atoms with van der Waals surface area (Å²) in [4.78, 5) is 40.5. The second-order valence-electron chi connectivity index (χ2n) is 7.71. The lowest BCUT2D eigenvalue weighted by molar-refractivity contribution is -0.152. The van der Waals surface area contributed by atoms with Gasteiger partial charge in [0, 0.05) is 21.6 Å². The zero-order valence-electron chi connectivity index (χ0n) is 18.1. The number of halogens is 1. The number of carbonyl (C=O) groups is 3. The summed E-state index contributed by atoms with van der Waals surface area (Å²) in [5.41, 5.74) is 7.04. The van der Waals surface area contributed by atoms with E-state index in [1.807, 2.05) is 36.4 Å². The summed E-state index contributed by atoms with van der Waals surface area (Å²) in [5.74, 6) is -1.95. The van der Waals surface area contributed by atoms with Crippen molar-refractivity contribution in [3.63, 3.8) is 0 Å². The molecule has 2 amide bonds. The van der Waals surface area contributed by atoms with Crippen LogP contribution in [0.1, 0.15) is 34.3 Å². The molecule has 3 N–H and O–H groups in total. The molecular weight excluding hydrogens is 504 g/mol. The Labute approximate surface area is 204 Å². The minimum absolute atomic E-state index is 0.0737. The summed E-state index contributed by atoms with van der Waals surface area (Å²) in [7, 11) is 0. The summed E-state index contributed by atoms with van der Waals surface area (Å²) < 4.78 is 6.06. The van der Waals surface area contributed by atoms with Gasteiger partial charge in [-0.15, -0.1) is 0 Å². The first-order valence-electron chi connectivity index (χ1n) is 10.4. The standard InChI is InChI=1S/C25H21BrN2O6/c1-14(24(30)31)34-28-23(29)15-10-16(26)12-17(11-15)27-25(32)33-13-22-20-8-4-2-6-18(20)19-7-3-5-9-21(19)22/h2-12,14,22H,13H2,1H3,(H,27,32)(H,28,29)(H,30,31). The number of hydrogen-bond acceptors (Lipinski definition) is 5. The quantitative estimate of drug-likeness (QED) is 0.377. The molecule has 4 rings (SSSR count). The molecule has 3 aromatic carbocycles. The van der Waals surface area contributed by atoms with Gasteiger partial charge in [0.25, 0.3) is 5.91 Å². The van der Waals surface area contributed by atoms with Crippen molar-refractivity contribution >= 4 is 39.6 Å². The molecule has 1 aliphatic carbocycles. The molecule has 0 aromatic heterocycles. The number of fused-ring (bicyclic) bond motifs is 3. The van der Waals surface area contributed by atoms with Crippen molar-refractivity contribution in [3.8, 4) is 11.1 Å². The second kappa shape index (κ2) is 10.1. The average molecular weight is 525 g/mol. The summed E-state index contributed by atoms with van der Waals surface area (Å²) in [6, 6.07) is 20.6. The summed E-state index contributed by atoms with van der Waals surface area (Å²) in [6.07, 6.45) is -1.88. The summed E-state index contributed by atoms with van der Waals surface area (Å²) >= 11 is 3.30. The number of rotatable bonds is 7. The largest absolute Gasteiger partial charge is 0.479 e. The van der Waals surface area contributed by atoms with Gasteiger partial charge in [-0.2, -0.15) is 0 Å². The minimum atomic E-state index is -1.22. The van der Waals surface area contributed by atoms with Crippen LogP contribution >= 0.6 is 15.9 Å². The fourth-order valence-corrected chi connectivity index (χ4v) is 4.29. The van der Waals surface area contributed by atoms with Crippen molar-refractivity contribution in [1.82, 2.24) is 5.48 Å². The highest BCUT2D eigenvalue weighted by atomic mass is 79.9. The van der Waals surface area contributed by atoms with Gasteiger partial charge in [-0.3, -0.25) is 14.9 Å². The molecule has 0 saturated carbocycles. The molecule has 1 aliphatic rings. The highest BCUT2D eigenvalue weighted by molar-refractivity contribution is 9.10. The van der Waals surface area contributed by atoms with Crippen LogP contribution in [0.2, 0.25) is 0 Å². The smallest absolute Gasteiger partial charge is 0.411 e. The van der Waals surface area contributed by atoms with Crippen molar-refractivity contribution in [2.45, 2.75) is 18.9 Å². The van der Waals surface area contributed by atoms with Crippen LogP contribution in [0, 0.1) is 0 Å². The topological polar surface area (TPSA) is 114 Å². The lowest BCUT2D eigenvalue weighted by Gasteiger charge is -2.15. The van der Waals surface area contributed by atoms with Gasteiger partial charge in [-0.1, -0.05) is 64.5 Å². The first-order chi connectivity index (χ1) is 16.3. The van der Waals surface area contributed by atoms with Crippen LogP contribution in [0.3, 0.4) is 0 Å². The van der Waals surface area contributed by atoms with Gasteiger partial charge in [0.1, 0.15) is 6.61 Å². The maximum Gasteiger partial charge on any atom is 0.411 e. The van der Waals surface area contributed by atoms with Gasteiger partial charge in [0.05, 0.1) is 0 Å². The Morgan fingerprint density at radius 3 is 2.24 bits per heavy atom. The molecule has 0 saturated heterocycles. The van der Waals surface area contributed by atoms with E-state index in [-0.39, 0.29) is 18.1 Å². The predicted molar refractivity (Wildman–Crippen MR) is 128 cm³/mol. The SMILES string of the molecule is CC(ONC(=O)c1cc(Br)cc(NC(=O)OCC2c3ccccc3-c3ccccc32)c1)C(=O)O. The van der Waals surface area contributed by atoms with E-state index in [4.69, 9.17) is 14.7 Å². The second-order valence-corrected chi connectivity index (χ2v) is 8.62. The number of nitrogens with one attached hydrogen (secondary N) is 2. The van der Waals surface area contributed by atoms with E-state index in [0.29, 0.717) is 10.2 Å². The third kappa shape index (κ3) is 5.11. The number of carboxylic acid groups (broad SMARTS) is 1. The highest BCUT2D eigenvalue weighted by Crippen LogP contribution is 2.44. The van der Waals surface area contributed by atoms with Gasteiger partial charge in [-0.25, -0.2) is 15.1 Å². The first kappa shape index (κ1) is 23.5. The number of benzene rings is 3. The Morgan fingerprint density at radius 2 is 1.62 bits per heavy atom. The van der Waals surface area contributed by atoms with Crippen LogP contribution < -0.4 is 10.8 Å². The highest BCUT2D eigenvalue weighted by Gasteiger charge is 2.29. The van der Waals surface area contributed by atoms with Gasteiger partial charge in [0.15, 0.2) is 6.10 Å². The van der Waals surface area contributed by atoms with E-state index >= 15 is 0 Å². The number of hydroxylamine groups is 1. The molecule has 0 spiro atoms. The molecule has 1 unspecified atom stereocenters. The number of amides is 2. The van der Waals surface area contributed by atoms with Crippen molar-refractivity contribution < 1.29 is 29.1 Å². The molecule has 0 fully saturated rings. The van der Waals surface area contributed by atoms with E-state index in [1.54, 1.807) is 6.07 Å². The van der Waals surface area contributed by atoms with E-state index < -0.39 is 24.1 Å². The summed E-state index contributed by atoms with van der Waals surface area (Å²) in [6.45, 7) is 1.44. The Hall–Kier alpha value is -3.69. The van der Waals surface area contributed by atoms with E-state index in [1.165, 1.54) is 19.1 Å². The number of anilines is 1. The van der Waals surface area contributed by atoms with Crippen molar-refractivity contribution in [1.29, 1.82) is 0 Å². The van der Waals surface area contributed by atoms with Gasteiger partial charge >= 0.3 is 12.1 Å². The third-order valence-corrected chi connectivity index (χ3v) is 5.88. The number of carboxylic acids is 1. The fourth-order valence-electron chi connectivity index (χ4n) is 3.80. The van der Waals surface area contributed by atoms with Gasteiger partial charge in [0.2, 0.25) is 0 Å². The molecule has 174 valence electrons. The van der Waals surface area contributed by atoms with Crippen LogP contribution in [0.25, 0.3) is 11.1 Å². The van der Waals surface area contributed by atoms with Crippen LogP contribution in [-0.4, -0.2) is 35.8 Å². The monoisotopic (exact) mass is 524 g/mol. The van der Waals surface area contributed by atoms with Crippen LogP contribution in [-0.2, 0) is 14.4 Å².